The molecule has 7 heteroatoms. The molecule has 20 heavy (non-hydrogen) atoms. The van der Waals surface area contributed by atoms with E-state index in [4.69, 9.17) is 0 Å². The van der Waals surface area contributed by atoms with Gasteiger partial charge in [-0.05, 0) is 24.1 Å². The van der Waals surface area contributed by atoms with E-state index in [1.165, 1.54) is 35.2 Å². The van der Waals surface area contributed by atoms with Crippen molar-refractivity contribution in [2.75, 3.05) is 5.75 Å². The fraction of sp³-hybridized carbons (Fsp3) is 0.385. The summed E-state index contributed by atoms with van der Waals surface area (Å²) in [6.45, 7) is 1.95. The molecule has 0 amide bonds. The van der Waals surface area contributed by atoms with Crippen molar-refractivity contribution in [3.8, 4) is 0 Å². The Kier molecular flexibility index (Phi) is 6.28. The molecule has 108 valence electrons. The van der Waals surface area contributed by atoms with Crippen LogP contribution in [0.4, 0.5) is 4.39 Å². The molecule has 0 unspecified atom stereocenters. The third-order valence-corrected chi connectivity index (χ3v) is 5.94. The van der Waals surface area contributed by atoms with Crippen LogP contribution in [0.3, 0.4) is 0 Å². The normalized spacial score (nSPS) is 12.6. The quantitative estimate of drug-likeness (QED) is 0.782. The van der Waals surface area contributed by atoms with Crippen molar-refractivity contribution in [2.24, 2.45) is 0 Å². The van der Waals surface area contributed by atoms with E-state index in [2.05, 4.69) is 10.2 Å². The largest absolute Gasteiger partial charge is 0.392 e. The Balaban J connectivity index is 1.82. The summed E-state index contributed by atoms with van der Waals surface area (Å²) in [4.78, 5) is 0. The van der Waals surface area contributed by atoms with E-state index in [1.54, 1.807) is 23.9 Å². The molecule has 1 atom stereocenters. The molecule has 0 aliphatic rings. The van der Waals surface area contributed by atoms with Gasteiger partial charge in [-0.15, -0.1) is 10.2 Å². The molecule has 0 saturated carbocycles. The highest BCUT2D eigenvalue weighted by molar-refractivity contribution is 8.02. The van der Waals surface area contributed by atoms with E-state index in [9.17, 15) is 9.50 Å². The number of rotatable bonds is 7. The van der Waals surface area contributed by atoms with Gasteiger partial charge in [-0.25, -0.2) is 4.39 Å². The lowest BCUT2D eigenvalue weighted by atomic mass is 10.2. The molecule has 0 saturated heterocycles. The van der Waals surface area contributed by atoms with Crippen LogP contribution in [-0.4, -0.2) is 27.2 Å². The van der Waals surface area contributed by atoms with Gasteiger partial charge in [0.2, 0.25) is 0 Å². The monoisotopic (exact) mass is 330 g/mol. The summed E-state index contributed by atoms with van der Waals surface area (Å²) in [6, 6.07) is 6.47. The molecule has 0 radical (unpaired) electrons. The first kappa shape index (κ1) is 15.8. The second-order valence-electron chi connectivity index (χ2n) is 4.12. The Labute approximate surface area is 130 Å². The Morgan fingerprint density at radius 2 is 1.85 bits per heavy atom. The second-order valence-corrected chi connectivity index (χ2v) is 7.59. The molecule has 0 aliphatic heterocycles. The second kappa shape index (κ2) is 7.97. The highest BCUT2D eigenvalue weighted by atomic mass is 32.2. The minimum absolute atomic E-state index is 0.220. The van der Waals surface area contributed by atoms with Gasteiger partial charge in [0.1, 0.15) is 5.82 Å². The van der Waals surface area contributed by atoms with Crippen molar-refractivity contribution in [1.29, 1.82) is 0 Å². The van der Waals surface area contributed by atoms with Crippen LogP contribution < -0.4 is 0 Å². The predicted molar refractivity (Wildman–Crippen MR) is 82.9 cm³/mol. The average molecular weight is 330 g/mol. The minimum Gasteiger partial charge on any atom is -0.392 e. The summed E-state index contributed by atoms with van der Waals surface area (Å²) in [5.41, 5.74) is 1.06. The van der Waals surface area contributed by atoms with Gasteiger partial charge in [0.15, 0.2) is 8.68 Å². The molecule has 0 fully saturated rings. The van der Waals surface area contributed by atoms with E-state index in [0.29, 0.717) is 5.75 Å². The maximum atomic E-state index is 12.8. The molecular formula is C13H15FN2OS3. The summed E-state index contributed by atoms with van der Waals surface area (Å²) < 4.78 is 14.5. The van der Waals surface area contributed by atoms with Crippen LogP contribution >= 0.6 is 34.9 Å². The highest BCUT2D eigenvalue weighted by Crippen LogP contribution is 2.31. The number of hydrogen-bond acceptors (Lipinski definition) is 6. The Bertz CT molecular complexity index is 533. The van der Waals surface area contributed by atoms with Crippen LogP contribution in [-0.2, 0) is 5.75 Å². The summed E-state index contributed by atoms with van der Waals surface area (Å²) in [5.74, 6) is 1.17. The zero-order valence-corrected chi connectivity index (χ0v) is 13.4. The third-order valence-electron chi connectivity index (χ3n) is 2.53. The first-order valence-electron chi connectivity index (χ1n) is 6.19. The van der Waals surface area contributed by atoms with E-state index in [-0.39, 0.29) is 11.9 Å². The zero-order chi connectivity index (χ0) is 14.4. The maximum Gasteiger partial charge on any atom is 0.175 e. The molecule has 2 aromatic rings. The maximum absolute atomic E-state index is 12.8. The number of thioether (sulfide) groups is 2. The Hall–Kier alpha value is -0.630. The predicted octanol–water partition coefficient (Wildman–Crippen LogP) is 3.83. The van der Waals surface area contributed by atoms with Crippen molar-refractivity contribution in [3.05, 3.63) is 35.6 Å². The molecule has 1 N–H and O–H groups in total. The topological polar surface area (TPSA) is 46.0 Å². The van der Waals surface area contributed by atoms with Crippen LogP contribution in [0.2, 0.25) is 0 Å². The number of aromatic nitrogens is 2. The van der Waals surface area contributed by atoms with Gasteiger partial charge in [0.05, 0.1) is 6.10 Å². The van der Waals surface area contributed by atoms with Crippen LogP contribution in [0.25, 0.3) is 0 Å². The van der Waals surface area contributed by atoms with Gasteiger partial charge in [-0.1, -0.05) is 53.9 Å². The molecule has 0 aliphatic carbocycles. The van der Waals surface area contributed by atoms with Gasteiger partial charge in [0, 0.05) is 11.5 Å². The Morgan fingerprint density at radius 3 is 2.50 bits per heavy atom. The molecule has 0 bridgehead atoms. The number of nitrogens with zero attached hydrogens (tertiary/aromatic N) is 2. The fourth-order valence-electron chi connectivity index (χ4n) is 1.32. The summed E-state index contributed by atoms with van der Waals surface area (Å²) >= 11 is 4.64. The fourth-order valence-corrected chi connectivity index (χ4v) is 4.37. The highest BCUT2D eigenvalue weighted by Gasteiger charge is 2.08. The lowest BCUT2D eigenvalue weighted by molar-refractivity contribution is 0.195. The SMILES string of the molecule is CC[C@H](O)CSc1nnc(SCc2ccc(F)cc2)s1. The molecule has 1 heterocycles. The minimum atomic E-state index is -0.292. The van der Waals surface area contributed by atoms with E-state index < -0.39 is 0 Å². The van der Waals surface area contributed by atoms with Crippen LogP contribution in [0, 0.1) is 5.82 Å². The molecule has 2 rings (SSSR count). The van der Waals surface area contributed by atoms with Crippen molar-refractivity contribution in [1.82, 2.24) is 10.2 Å². The van der Waals surface area contributed by atoms with Gasteiger partial charge in [0.25, 0.3) is 0 Å². The number of aliphatic hydroxyl groups is 1. The van der Waals surface area contributed by atoms with E-state index >= 15 is 0 Å². The van der Waals surface area contributed by atoms with Gasteiger partial charge in [-0.2, -0.15) is 0 Å². The molecule has 3 nitrogen and oxygen atoms in total. The molecular weight excluding hydrogens is 315 g/mol. The van der Waals surface area contributed by atoms with E-state index in [0.717, 1.165) is 26.4 Å². The van der Waals surface area contributed by atoms with Crippen LogP contribution in [0.5, 0.6) is 0 Å². The summed E-state index contributed by atoms with van der Waals surface area (Å²) in [7, 11) is 0. The molecule has 0 spiro atoms. The molecule has 1 aromatic carbocycles. The number of aliphatic hydroxyl groups excluding tert-OH is 1. The third kappa shape index (κ3) is 5.05. The zero-order valence-electron chi connectivity index (χ0n) is 11.0. The number of halogens is 1. The molecule has 1 aromatic heterocycles. The average Bonchev–Trinajstić information content (AvgIpc) is 2.92. The lowest BCUT2D eigenvalue weighted by Crippen LogP contribution is -2.06. The van der Waals surface area contributed by atoms with Gasteiger partial charge in [-0.3, -0.25) is 0 Å². The van der Waals surface area contributed by atoms with Crippen molar-refractivity contribution in [2.45, 2.75) is 33.9 Å². The summed E-state index contributed by atoms with van der Waals surface area (Å²) in [5, 5.41) is 17.7. The smallest absolute Gasteiger partial charge is 0.175 e. The van der Waals surface area contributed by atoms with E-state index in [1.807, 2.05) is 6.92 Å². The first-order valence-corrected chi connectivity index (χ1v) is 8.97. The van der Waals surface area contributed by atoms with Crippen molar-refractivity contribution in [3.63, 3.8) is 0 Å². The number of hydrogen-bond donors (Lipinski definition) is 1. The van der Waals surface area contributed by atoms with Gasteiger partial charge >= 0.3 is 0 Å². The first-order chi connectivity index (χ1) is 9.67. The van der Waals surface area contributed by atoms with Crippen LogP contribution in [0.1, 0.15) is 18.9 Å². The van der Waals surface area contributed by atoms with Crippen LogP contribution in [0.15, 0.2) is 32.9 Å². The van der Waals surface area contributed by atoms with Gasteiger partial charge < -0.3 is 5.11 Å². The summed E-state index contributed by atoms with van der Waals surface area (Å²) in [6.07, 6.45) is 0.456. The van der Waals surface area contributed by atoms with Crippen molar-refractivity contribution >= 4 is 34.9 Å². The lowest BCUT2D eigenvalue weighted by Gasteiger charge is -2.03. The number of benzene rings is 1. The standard InChI is InChI=1S/C13H15FN2OS3/c1-2-11(17)8-19-13-16-15-12(20-13)18-7-9-3-5-10(14)6-4-9/h3-6,11,17H,2,7-8H2,1H3/t11-/m0/s1. The Morgan fingerprint density at radius 1 is 1.20 bits per heavy atom. The van der Waals surface area contributed by atoms with Crippen molar-refractivity contribution < 1.29 is 9.50 Å².